The number of nitrogens with one attached hydrogen (secondary N) is 1. The number of primary amides is 1. The molecule has 0 aliphatic carbocycles. The van der Waals surface area contributed by atoms with E-state index in [2.05, 4.69) is 5.73 Å². The molecule has 0 saturated carbocycles. The van der Waals surface area contributed by atoms with Crippen LogP contribution in [0.4, 0.5) is 0 Å². The molecule has 0 fully saturated rings. The monoisotopic (exact) mass is 152 g/mol. The summed E-state index contributed by atoms with van der Waals surface area (Å²) >= 11 is 0. The van der Waals surface area contributed by atoms with Gasteiger partial charge in [0.2, 0.25) is 15.9 Å². The Bertz CT molecular complexity index is 195. The fraction of sp³-hybridized carbons (Fsp3) is 0.667. The summed E-state index contributed by atoms with van der Waals surface area (Å²) < 4.78 is 22.7. The lowest BCUT2D eigenvalue weighted by Crippen LogP contribution is -2.30. The van der Waals surface area contributed by atoms with Crippen molar-refractivity contribution in [3.8, 4) is 0 Å². The molecular weight excluding hydrogens is 144 g/mol. The van der Waals surface area contributed by atoms with E-state index in [4.69, 9.17) is 0 Å². The molecule has 6 heteroatoms. The Labute approximate surface area is 53.3 Å². The molecule has 0 bridgehead atoms. The van der Waals surface area contributed by atoms with Gasteiger partial charge in [-0.15, -0.1) is 0 Å². The smallest absolute Gasteiger partial charge is 0.234 e. The highest BCUT2D eigenvalue weighted by molar-refractivity contribution is 7.90. The summed E-state index contributed by atoms with van der Waals surface area (Å²) in [6, 6.07) is 0. The highest BCUT2D eigenvalue weighted by atomic mass is 32.2. The van der Waals surface area contributed by atoms with Crippen molar-refractivity contribution in [3.05, 3.63) is 0 Å². The van der Waals surface area contributed by atoms with E-state index in [-0.39, 0.29) is 0 Å². The molecule has 0 rings (SSSR count). The fourth-order valence-corrected chi connectivity index (χ4v) is 0.778. The Balaban J connectivity index is 4.06. The lowest BCUT2D eigenvalue weighted by atomic mass is 10.8. The second-order valence-electron chi connectivity index (χ2n) is 1.43. The Morgan fingerprint density at radius 2 is 2.11 bits per heavy atom. The molecular formula is C3H8N2O3S. The van der Waals surface area contributed by atoms with Gasteiger partial charge in [-0.05, 0) is 7.05 Å². The zero-order chi connectivity index (χ0) is 7.49. The highest BCUT2D eigenvalue weighted by Gasteiger charge is 2.09. The van der Waals surface area contributed by atoms with Crippen LogP contribution in [0.1, 0.15) is 0 Å². The Morgan fingerprint density at radius 3 is 2.22 bits per heavy atom. The largest absolute Gasteiger partial charge is 0.369 e. The summed E-state index contributed by atoms with van der Waals surface area (Å²) in [7, 11) is -2.22. The summed E-state index contributed by atoms with van der Waals surface area (Å²) in [6.07, 6.45) is 0. The number of rotatable bonds is 3. The van der Waals surface area contributed by atoms with E-state index < -0.39 is 21.7 Å². The molecule has 3 N–H and O–H groups in total. The molecule has 0 unspecified atom stereocenters. The number of carbonyl (C=O) groups is 1. The van der Waals surface area contributed by atoms with E-state index in [0.717, 1.165) is 0 Å². The normalized spacial score (nSPS) is 11.2. The minimum atomic E-state index is -3.44. The van der Waals surface area contributed by atoms with Crippen LogP contribution in [-0.2, 0) is 14.8 Å². The third-order valence-electron chi connectivity index (χ3n) is 0.643. The van der Waals surface area contributed by atoms with Gasteiger partial charge in [-0.2, -0.15) is 0 Å². The number of amides is 1. The van der Waals surface area contributed by atoms with Crippen LogP contribution >= 0.6 is 0 Å². The van der Waals surface area contributed by atoms with Gasteiger partial charge in [-0.1, -0.05) is 0 Å². The van der Waals surface area contributed by atoms with Crippen LogP contribution in [0.2, 0.25) is 0 Å². The van der Waals surface area contributed by atoms with Crippen molar-refractivity contribution in [1.29, 1.82) is 0 Å². The minimum absolute atomic E-state index is 0.649. The van der Waals surface area contributed by atoms with Crippen LogP contribution < -0.4 is 10.5 Å². The maximum atomic E-state index is 10.4. The molecule has 0 aromatic heterocycles. The first-order valence-corrected chi connectivity index (χ1v) is 3.82. The quantitative estimate of drug-likeness (QED) is 0.491. The van der Waals surface area contributed by atoms with Crippen molar-refractivity contribution in [2.75, 3.05) is 12.8 Å². The van der Waals surface area contributed by atoms with Gasteiger partial charge >= 0.3 is 0 Å². The summed E-state index contributed by atoms with van der Waals surface area (Å²) in [5.41, 5.74) is 4.60. The van der Waals surface area contributed by atoms with E-state index in [0.29, 0.717) is 0 Å². The van der Waals surface area contributed by atoms with E-state index in [9.17, 15) is 13.2 Å². The second kappa shape index (κ2) is 2.79. The molecule has 54 valence electrons. The van der Waals surface area contributed by atoms with Gasteiger partial charge in [0.1, 0.15) is 5.75 Å². The predicted octanol–water partition coefficient (Wildman–Crippen LogP) is -1.98. The average Bonchev–Trinajstić information content (AvgIpc) is 1.63. The third-order valence-corrected chi connectivity index (χ3v) is 1.93. The van der Waals surface area contributed by atoms with E-state index in [1.807, 2.05) is 4.72 Å². The predicted molar refractivity (Wildman–Crippen MR) is 32.0 cm³/mol. The van der Waals surface area contributed by atoms with Crippen molar-refractivity contribution < 1.29 is 13.2 Å². The molecule has 1 amide bonds. The van der Waals surface area contributed by atoms with Gasteiger partial charge in [-0.3, -0.25) is 4.79 Å². The topological polar surface area (TPSA) is 89.3 Å². The lowest BCUT2D eigenvalue weighted by molar-refractivity contribution is -0.115. The van der Waals surface area contributed by atoms with Gasteiger partial charge in [0.25, 0.3) is 0 Å². The van der Waals surface area contributed by atoms with Gasteiger partial charge < -0.3 is 5.73 Å². The van der Waals surface area contributed by atoms with Crippen LogP contribution in [0, 0.1) is 0 Å². The molecule has 0 aromatic rings. The van der Waals surface area contributed by atoms with Gasteiger partial charge in [-0.25, -0.2) is 13.1 Å². The average molecular weight is 152 g/mol. The molecule has 0 atom stereocenters. The number of nitrogens with two attached hydrogens (primary N) is 1. The first kappa shape index (κ1) is 8.38. The van der Waals surface area contributed by atoms with Crippen molar-refractivity contribution in [2.45, 2.75) is 0 Å². The lowest BCUT2D eigenvalue weighted by Gasteiger charge is -1.95. The van der Waals surface area contributed by atoms with Crippen molar-refractivity contribution in [2.24, 2.45) is 5.73 Å². The minimum Gasteiger partial charge on any atom is -0.369 e. The molecule has 9 heavy (non-hydrogen) atoms. The molecule has 0 saturated heterocycles. The molecule has 0 aliphatic heterocycles. The molecule has 0 spiro atoms. The Hall–Kier alpha value is -0.620. The van der Waals surface area contributed by atoms with Crippen molar-refractivity contribution >= 4 is 15.9 Å². The van der Waals surface area contributed by atoms with Gasteiger partial charge in [0, 0.05) is 0 Å². The van der Waals surface area contributed by atoms with Crippen LogP contribution in [0.5, 0.6) is 0 Å². The number of hydrogen-bond donors (Lipinski definition) is 2. The fourth-order valence-electron chi connectivity index (χ4n) is 0.259. The summed E-state index contributed by atoms with van der Waals surface area (Å²) in [4.78, 5) is 9.98. The zero-order valence-corrected chi connectivity index (χ0v) is 5.73. The maximum Gasteiger partial charge on any atom is 0.234 e. The van der Waals surface area contributed by atoms with Crippen molar-refractivity contribution in [1.82, 2.24) is 4.72 Å². The first-order chi connectivity index (χ1) is 3.98. The van der Waals surface area contributed by atoms with Crippen molar-refractivity contribution in [3.63, 3.8) is 0 Å². The second-order valence-corrected chi connectivity index (χ2v) is 3.36. The van der Waals surface area contributed by atoms with Crippen LogP contribution in [0.15, 0.2) is 0 Å². The zero-order valence-electron chi connectivity index (χ0n) is 4.92. The Kier molecular flexibility index (Phi) is 2.60. The molecule has 0 aromatic carbocycles. The molecule has 0 radical (unpaired) electrons. The standard InChI is InChI=1S/C3H8N2O3S/c1-5-9(7,8)2-3(4)6/h5H,2H2,1H3,(H2,4,6). The summed E-state index contributed by atoms with van der Waals surface area (Å²) in [5, 5.41) is 0. The van der Waals surface area contributed by atoms with Crippen LogP contribution in [0.3, 0.4) is 0 Å². The van der Waals surface area contributed by atoms with Crippen LogP contribution in [-0.4, -0.2) is 27.1 Å². The number of sulfonamides is 1. The Morgan fingerprint density at radius 1 is 1.67 bits per heavy atom. The van der Waals surface area contributed by atoms with Crippen LogP contribution in [0.25, 0.3) is 0 Å². The van der Waals surface area contributed by atoms with Gasteiger partial charge in [0.05, 0.1) is 0 Å². The van der Waals surface area contributed by atoms with E-state index in [1.165, 1.54) is 7.05 Å². The molecule has 0 aliphatic rings. The maximum absolute atomic E-state index is 10.4. The number of carbonyl (C=O) groups excluding carboxylic acids is 1. The van der Waals surface area contributed by atoms with Gasteiger partial charge in [0.15, 0.2) is 0 Å². The third kappa shape index (κ3) is 3.92. The van der Waals surface area contributed by atoms with E-state index >= 15 is 0 Å². The molecule has 0 heterocycles. The van der Waals surface area contributed by atoms with E-state index in [1.54, 1.807) is 0 Å². The molecule has 5 nitrogen and oxygen atoms in total. The summed E-state index contributed by atoms with van der Waals surface area (Å²) in [5.74, 6) is -1.51. The first-order valence-electron chi connectivity index (χ1n) is 2.17. The highest BCUT2D eigenvalue weighted by Crippen LogP contribution is 1.77. The SMILES string of the molecule is CNS(=O)(=O)CC(N)=O. The summed E-state index contributed by atoms with van der Waals surface area (Å²) in [6.45, 7) is 0. The number of hydrogen-bond acceptors (Lipinski definition) is 3.